The highest BCUT2D eigenvalue weighted by molar-refractivity contribution is 7.25. The Morgan fingerprint density at radius 1 is 0.742 bits per heavy atom. The molecule has 4 aliphatic carbocycles. The van der Waals surface area contributed by atoms with E-state index in [4.69, 9.17) is 0 Å². The fraction of sp³-hybridized carbons (Fsp3) is 0.357. The van der Waals surface area contributed by atoms with E-state index in [-0.39, 0.29) is 5.75 Å². The summed E-state index contributed by atoms with van der Waals surface area (Å²) in [4.78, 5) is 0. The highest BCUT2D eigenvalue weighted by Crippen LogP contribution is 2.63. The normalized spacial score (nSPS) is 31.6. The maximum absolute atomic E-state index is 12.2. The summed E-state index contributed by atoms with van der Waals surface area (Å²) in [6, 6.07) is 20.8. The number of aliphatic hydroxyl groups is 1. The van der Waals surface area contributed by atoms with Crippen LogP contribution in [-0.4, -0.2) is 10.2 Å². The number of thiophene rings is 1. The van der Waals surface area contributed by atoms with Crippen molar-refractivity contribution in [2.45, 2.75) is 37.7 Å². The van der Waals surface area contributed by atoms with Gasteiger partial charge in [0.2, 0.25) is 0 Å². The van der Waals surface area contributed by atoms with Gasteiger partial charge >= 0.3 is 0 Å². The lowest BCUT2D eigenvalue weighted by Gasteiger charge is -2.59. The van der Waals surface area contributed by atoms with Crippen LogP contribution >= 0.6 is 11.3 Å². The van der Waals surface area contributed by atoms with Gasteiger partial charge in [0, 0.05) is 25.7 Å². The predicted molar refractivity (Wildman–Crippen MR) is 127 cm³/mol. The van der Waals surface area contributed by atoms with Gasteiger partial charge in [-0.15, -0.1) is 11.3 Å². The summed E-state index contributed by atoms with van der Waals surface area (Å²) >= 11 is 1.80. The summed E-state index contributed by atoms with van der Waals surface area (Å²) in [6.07, 6.45) is 5.89. The molecule has 2 nitrogen and oxygen atoms in total. The molecule has 3 heteroatoms. The Labute approximate surface area is 186 Å². The largest absolute Gasteiger partial charge is 0.507 e. The predicted octanol–water partition coefficient (Wildman–Crippen LogP) is 7.07. The average Bonchev–Trinajstić information content (AvgIpc) is 3.14. The molecule has 4 saturated carbocycles. The van der Waals surface area contributed by atoms with Gasteiger partial charge in [-0.2, -0.15) is 0 Å². The maximum atomic E-state index is 12.2. The van der Waals surface area contributed by atoms with E-state index >= 15 is 0 Å². The van der Waals surface area contributed by atoms with Crippen LogP contribution in [0.15, 0.2) is 60.7 Å². The van der Waals surface area contributed by atoms with Crippen molar-refractivity contribution >= 4 is 31.5 Å². The monoisotopic (exact) mass is 426 g/mol. The minimum absolute atomic E-state index is 0.278. The SMILES string of the molecule is Oc1cccc(C2(O)C3CC4CC(C3)CC2C4)c1-c1ccc2c(c1)sc1ccccc12. The average molecular weight is 427 g/mol. The van der Waals surface area contributed by atoms with Gasteiger partial charge in [0.1, 0.15) is 5.75 Å². The molecule has 4 bridgehead atoms. The molecule has 31 heavy (non-hydrogen) atoms. The Morgan fingerprint density at radius 3 is 2.23 bits per heavy atom. The van der Waals surface area contributed by atoms with Crippen LogP contribution in [0, 0.1) is 23.7 Å². The second kappa shape index (κ2) is 6.34. The van der Waals surface area contributed by atoms with Crippen molar-refractivity contribution < 1.29 is 10.2 Å². The first-order valence-corrected chi connectivity index (χ1v) is 12.4. The number of phenolic OH excluding ortho intramolecular Hbond substituents is 1. The van der Waals surface area contributed by atoms with E-state index in [1.165, 1.54) is 26.6 Å². The van der Waals surface area contributed by atoms with Crippen LogP contribution in [0.25, 0.3) is 31.3 Å². The fourth-order valence-corrected chi connectivity index (χ4v) is 8.55. The standard InChI is InChI=1S/C28H26O2S/c29-24-6-3-5-23(28(30)19-11-16-10-17(13-19)14-20(28)12-16)27(24)18-8-9-22-21-4-1-2-7-25(21)31-26(22)15-18/h1-9,15-17,19-20,29-30H,10-14H2. The minimum atomic E-state index is -0.823. The van der Waals surface area contributed by atoms with Crippen molar-refractivity contribution in [3.63, 3.8) is 0 Å². The maximum Gasteiger partial charge on any atom is 0.123 e. The van der Waals surface area contributed by atoms with Crippen LogP contribution in [0.4, 0.5) is 0 Å². The number of aromatic hydroxyl groups is 1. The molecular formula is C28H26O2S. The Morgan fingerprint density at radius 2 is 1.45 bits per heavy atom. The van der Waals surface area contributed by atoms with Gasteiger partial charge < -0.3 is 10.2 Å². The summed E-state index contributed by atoms with van der Waals surface area (Å²) in [5.74, 6) is 2.49. The first kappa shape index (κ1) is 18.2. The van der Waals surface area contributed by atoms with Crippen LogP contribution in [0.5, 0.6) is 5.75 Å². The Bertz CT molecular complexity index is 1310. The minimum Gasteiger partial charge on any atom is -0.507 e. The Kier molecular flexibility index (Phi) is 3.73. The van der Waals surface area contributed by atoms with Crippen molar-refractivity contribution in [1.82, 2.24) is 0 Å². The van der Waals surface area contributed by atoms with Gasteiger partial charge in [-0.05, 0) is 85.1 Å². The number of benzene rings is 3. The molecule has 156 valence electrons. The summed E-state index contributed by atoms with van der Waals surface area (Å²) in [5.41, 5.74) is 1.96. The smallest absolute Gasteiger partial charge is 0.123 e. The molecule has 4 aliphatic rings. The summed E-state index contributed by atoms with van der Waals surface area (Å²) < 4.78 is 2.51. The van der Waals surface area contributed by atoms with E-state index in [1.807, 2.05) is 6.07 Å². The van der Waals surface area contributed by atoms with Crippen molar-refractivity contribution in [3.05, 3.63) is 66.2 Å². The van der Waals surface area contributed by atoms with Crippen LogP contribution in [0.3, 0.4) is 0 Å². The molecule has 0 radical (unpaired) electrons. The molecule has 1 aromatic heterocycles. The highest BCUT2D eigenvalue weighted by Gasteiger charge is 2.57. The molecule has 0 unspecified atom stereocenters. The lowest BCUT2D eigenvalue weighted by molar-refractivity contribution is -0.179. The third kappa shape index (κ3) is 2.48. The summed E-state index contributed by atoms with van der Waals surface area (Å²) in [5, 5.41) is 25.8. The van der Waals surface area contributed by atoms with E-state index in [2.05, 4.69) is 48.5 Å². The van der Waals surface area contributed by atoms with E-state index in [9.17, 15) is 10.2 Å². The topological polar surface area (TPSA) is 40.5 Å². The van der Waals surface area contributed by atoms with Crippen molar-refractivity contribution in [3.8, 4) is 16.9 Å². The Hall–Kier alpha value is -2.36. The molecule has 0 saturated heterocycles. The molecule has 3 aromatic carbocycles. The second-order valence-corrected chi connectivity index (χ2v) is 11.2. The van der Waals surface area contributed by atoms with Gasteiger partial charge in [-0.25, -0.2) is 0 Å². The van der Waals surface area contributed by atoms with Crippen LogP contribution < -0.4 is 0 Å². The van der Waals surface area contributed by atoms with Crippen LogP contribution in [0.1, 0.15) is 37.7 Å². The van der Waals surface area contributed by atoms with Crippen molar-refractivity contribution in [2.75, 3.05) is 0 Å². The van der Waals surface area contributed by atoms with Gasteiger partial charge in [-0.3, -0.25) is 0 Å². The van der Waals surface area contributed by atoms with Gasteiger partial charge in [0.05, 0.1) is 5.60 Å². The number of hydrogen-bond donors (Lipinski definition) is 2. The number of hydrogen-bond acceptors (Lipinski definition) is 3. The van der Waals surface area contributed by atoms with E-state index in [0.717, 1.165) is 54.2 Å². The number of rotatable bonds is 2. The summed E-state index contributed by atoms with van der Waals surface area (Å²) in [7, 11) is 0. The van der Waals surface area contributed by atoms with Gasteiger partial charge in [-0.1, -0.05) is 42.5 Å². The fourth-order valence-electron chi connectivity index (χ4n) is 7.40. The molecule has 0 atom stereocenters. The molecular weight excluding hydrogens is 400 g/mol. The molecule has 2 N–H and O–H groups in total. The van der Waals surface area contributed by atoms with E-state index in [1.54, 1.807) is 17.4 Å². The lowest BCUT2D eigenvalue weighted by atomic mass is 9.48. The first-order valence-electron chi connectivity index (χ1n) is 11.6. The molecule has 0 spiro atoms. The quantitative estimate of drug-likeness (QED) is 0.360. The van der Waals surface area contributed by atoms with E-state index < -0.39 is 5.60 Å². The zero-order valence-electron chi connectivity index (χ0n) is 17.4. The Balaban J connectivity index is 1.42. The zero-order chi connectivity index (χ0) is 20.7. The third-order valence-electron chi connectivity index (χ3n) is 8.52. The number of phenols is 1. The molecule has 8 rings (SSSR count). The van der Waals surface area contributed by atoms with Crippen molar-refractivity contribution in [2.24, 2.45) is 23.7 Å². The molecule has 1 heterocycles. The van der Waals surface area contributed by atoms with Gasteiger partial charge in [0.15, 0.2) is 0 Å². The first-order chi connectivity index (χ1) is 15.1. The summed E-state index contributed by atoms with van der Waals surface area (Å²) in [6.45, 7) is 0. The van der Waals surface area contributed by atoms with Gasteiger partial charge in [0.25, 0.3) is 0 Å². The highest BCUT2D eigenvalue weighted by atomic mass is 32.1. The van der Waals surface area contributed by atoms with Crippen molar-refractivity contribution in [1.29, 1.82) is 0 Å². The van der Waals surface area contributed by atoms with Crippen LogP contribution in [-0.2, 0) is 5.60 Å². The molecule has 0 amide bonds. The molecule has 0 aliphatic heterocycles. The van der Waals surface area contributed by atoms with E-state index in [0.29, 0.717) is 11.8 Å². The lowest BCUT2D eigenvalue weighted by Crippen LogP contribution is -2.55. The zero-order valence-corrected chi connectivity index (χ0v) is 18.2. The molecule has 4 fully saturated rings. The molecule has 4 aromatic rings. The number of fused-ring (bicyclic) bond motifs is 3. The van der Waals surface area contributed by atoms with Crippen LogP contribution in [0.2, 0.25) is 0 Å². The second-order valence-electron chi connectivity index (χ2n) is 10.1. The third-order valence-corrected chi connectivity index (χ3v) is 9.66.